The Morgan fingerprint density at radius 1 is 1.54 bits per heavy atom. The maximum atomic E-state index is 10.6. The van der Waals surface area contributed by atoms with Crippen molar-refractivity contribution in [3.8, 4) is 0 Å². The molecule has 1 aliphatic rings. The average molecular weight is 187 g/mol. The van der Waals surface area contributed by atoms with Crippen LogP contribution in [0.15, 0.2) is 0 Å². The first kappa shape index (κ1) is 10.5. The summed E-state index contributed by atoms with van der Waals surface area (Å²) in [7, 11) is 0. The summed E-state index contributed by atoms with van der Waals surface area (Å²) in [5.41, 5.74) is -1.56. The van der Waals surface area contributed by atoms with Crippen molar-refractivity contribution in [2.45, 2.75) is 31.8 Å². The highest BCUT2D eigenvalue weighted by atomic mass is 16.4. The van der Waals surface area contributed by atoms with E-state index in [0.717, 1.165) is 26.1 Å². The van der Waals surface area contributed by atoms with Crippen LogP contribution < -0.4 is 10.0 Å². The van der Waals surface area contributed by atoms with E-state index in [4.69, 9.17) is 0 Å². The van der Waals surface area contributed by atoms with Gasteiger partial charge in [-0.25, -0.2) is 0 Å². The molecule has 0 amide bonds. The third-order valence-corrected chi connectivity index (χ3v) is 2.77. The standard InChI is InChI=1S/C9H17NO3/c1-2-5-10-6-3-9(13,4-7-10)8(11)12/h13H,2-7H2,1H3,(H,11,12). The molecule has 0 atom stereocenters. The summed E-state index contributed by atoms with van der Waals surface area (Å²) in [6.45, 7) is 4.63. The summed E-state index contributed by atoms with van der Waals surface area (Å²) in [6, 6.07) is 0. The van der Waals surface area contributed by atoms with Crippen molar-refractivity contribution >= 4 is 5.97 Å². The number of carbonyl (C=O) groups excluding carboxylic acids is 1. The quantitative estimate of drug-likeness (QED) is 0.516. The zero-order valence-corrected chi connectivity index (χ0v) is 8.01. The summed E-state index contributed by atoms with van der Waals surface area (Å²) >= 11 is 0. The maximum absolute atomic E-state index is 10.6. The third-order valence-electron chi connectivity index (χ3n) is 2.77. The van der Waals surface area contributed by atoms with Crippen LogP contribution in [0.4, 0.5) is 0 Å². The van der Waals surface area contributed by atoms with E-state index < -0.39 is 11.6 Å². The number of rotatable bonds is 3. The van der Waals surface area contributed by atoms with Gasteiger partial charge in [0.25, 0.3) is 0 Å². The predicted molar refractivity (Wildman–Crippen MR) is 45.0 cm³/mol. The van der Waals surface area contributed by atoms with Gasteiger partial charge in [-0.3, -0.25) is 0 Å². The minimum atomic E-state index is -1.56. The average Bonchev–Trinajstić information content (AvgIpc) is 2.09. The second-order valence-corrected chi connectivity index (χ2v) is 3.82. The van der Waals surface area contributed by atoms with Gasteiger partial charge in [-0.05, 0) is 6.42 Å². The second kappa shape index (κ2) is 4.07. The van der Waals surface area contributed by atoms with Crippen molar-refractivity contribution in [2.24, 2.45) is 0 Å². The van der Waals surface area contributed by atoms with E-state index in [2.05, 4.69) is 6.92 Å². The monoisotopic (exact) mass is 187 g/mol. The van der Waals surface area contributed by atoms with Crippen LogP contribution in [-0.2, 0) is 4.79 Å². The van der Waals surface area contributed by atoms with Crippen LogP contribution >= 0.6 is 0 Å². The van der Waals surface area contributed by atoms with Crippen LogP contribution in [-0.4, -0.2) is 36.3 Å². The smallest absolute Gasteiger partial charge is 0.115 e. The summed E-state index contributed by atoms with van der Waals surface area (Å²) in [5.74, 6) is -1.32. The zero-order chi connectivity index (χ0) is 9.90. The zero-order valence-electron chi connectivity index (χ0n) is 8.01. The van der Waals surface area contributed by atoms with Gasteiger partial charge in [0.05, 0.1) is 25.6 Å². The SMILES string of the molecule is CCC[NH+]1CCC(O)(C(=O)[O-])CC1. The van der Waals surface area contributed by atoms with E-state index in [1.807, 2.05) is 0 Å². The number of aliphatic carboxylic acids is 1. The van der Waals surface area contributed by atoms with E-state index in [9.17, 15) is 15.0 Å². The largest absolute Gasteiger partial charge is 0.547 e. The lowest BCUT2D eigenvalue weighted by Crippen LogP contribution is -3.13. The number of nitrogens with one attached hydrogen (secondary N) is 1. The number of carboxylic acid groups (broad SMARTS) is 1. The summed E-state index contributed by atoms with van der Waals surface area (Å²) in [4.78, 5) is 12.0. The Labute approximate surface area is 78.2 Å². The highest BCUT2D eigenvalue weighted by Gasteiger charge is 2.35. The molecular formula is C9H17NO3. The molecule has 0 aliphatic carbocycles. The highest BCUT2D eigenvalue weighted by Crippen LogP contribution is 2.14. The molecule has 0 unspecified atom stereocenters. The van der Waals surface area contributed by atoms with Gasteiger partial charge in [0, 0.05) is 12.8 Å². The molecule has 0 saturated carbocycles. The van der Waals surface area contributed by atoms with Crippen molar-refractivity contribution in [3.05, 3.63) is 0 Å². The fourth-order valence-electron chi connectivity index (χ4n) is 1.82. The van der Waals surface area contributed by atoms with Crippen molar-refractivity contribution in [3.63, 3.8) is 0 Å². The second-order valence-electron chi connectivity index (χ2n) is 3.82. The molecule has 76 valence electrons. The molecule has 0 aromatic carbocycles. The van der Waals surface area contributed by atoms with E-state index in [-0.39, 0.29) is 0 Å². The minimum Gasteiger partial charge on any atom is -0.547 e. The van der Waals surface area contributed by atoms with Gasteiger partial charge in [0.15, 0.2) is 0 Å². The van der Waals surface area contributed by atoms with Crippen LogP contribution in [0.2, 0.25) is 0 Å². The molecule has 4 heteroatoms. The number of piperidine rings is 1. The number of quaternary nitrogens is 1. The molecule has 1 heterocycles. The Morgan fingerprint density at radius 2 is 2.08 bits per heavy atom. The predicted octanol–water partition coefficient (Wildman–Crippen LogP) is -2.44. The molecule has 0 bridgehead atoms. The van der Waals surface area contributed by atoms with Gasteiger partial charge in [-0.15, -0.1) is 0 Å². The molecule has 4 nitrogen and oxygen atoms in total. The molecule has 0 aromatic rings. The number of hydrogen-bond donors (Lipinski definition) is 2. The van der Waals surface area contributed by atoms with Gasteiger partial charge < -0.3 is 19.9 Å². The number of carboxylic acids is 1. The maximum Gasteiger partial charge on any atom is 0.115 e. The van der Waals surface area contributed by atoms with E-state index in [0.29, 0.717) is 12.8 Å². The number of carbonyl (C=O) groups is 1. The molecule has 0 aromatic heterocycles. The van der Waals surface area contributed by atoms with E-state index >= 15 is 0 Å². The molecule has 1 saturated heterocycles. The van der Waals surface area contributed by atoms with Gasteiger partial charge in [0.2, 0.25) is 0 Å². The lowest BCUT2D eigenvalue weighted by Gasteiger charge is -2.36. The molecular weight excluding hydrogens is 170 g/mol. The first-order chi connectivity index (χ1) is 6.08. The van der Waals surface area contributed by atoms with E-state index in [1.54, 1.807) is 0 Å². The Bertz CT molecular complexity index is 185. The molecule has 1 aliphatic heterocycles. The molecule has 2 N–H and O–H groups in total. The van der Waals surface area contributed by atoms with Gasteiger partial charge >= 0.3 is 0 Å². The lowest BCUT2D eigenvalue weighted by molar-refractivity contribution is -0.907. The summed E-state index contributed by atoms with van der Waals surface area (Å²) in [5, 5.41) is 20.1. The van der Waals surface area contributed by atoms with Crippen LogP contribution in [0.3, 0.4) is 0 Å². The van der Waals surface area contributed by atoms with Crippen molar-refractivity contribution in [1.82, 2.24) is 0 Å². The van der Waals surface area contributed by atoms with Crippen molar-refractivity contribution in [1.29, 1.82) is 0 Å². The van der Waals surface area contributed by atoms with Crippen LogP contribution in [0.25, 0.3) is 0 Å². The van der Waals surface area contributed by atoms with Gasteiger partial charge in [-0.2, -0.15) is 0 Å². The Hall–Kier alpha value is -0.610. The van der Waals surface area contributed by atoms with Gasteiger partial charge in [-0.1, -0.05) is 6.92 Å². The van der Waals surface area contributed by atoms with E-state index in [1.165, 1.54) is 4.90 Å². The van der Waals surface area contributed by atoms with Crippen molar-refractivity contribution < 1.29 is 19.9 Å². The first-order valence-electron chi connectivity index (χ1n) is 4.86. The fraction of sp³-hybridized carbons (Fsp3) is 0.889. The Kier molecular flexibility index (Phi) is 3.27. The number of aliphatic hydroxyl groups is 1. The summed E-state index contributed by atoms with van der Waals surface area (Å²) in [6.07, 6.45) is 1.74. The fourth-order valence-corrected chi connectivity index (χ4v) is 1.82. The number of likely N-dealkylation sites (tertiary alicyclic amines) is 1. The topological polar surface area (TPSA) is 64.8 Å². The van der Waals surface area contributed by atoms with Crippen molar-refractivity contribution in [2.75, 3.05) is 19.6 Å². The summed E-state index contributed by atoms with van der Waals surface area (Å²) < 4.78 is 0. The first-order valence-corrected chi connectivity index (χ1v) is 4.86. The molecule has 0 radical (unpaired) electrons. The van der Waals surface area contributed by atoms with Crippen LogP contribution in [0.1, 0.15) is 26.2 Å². The Morgan fingerprint density at radius 3 is 2.46 bits per heavy atom. The third kappa shape index (κ3) is 2.42. The minimum absolute atomic E-state index is 0.324. The molecule has 1 rings (SSSR count). The number of hydrogen-bond acceptors (Lipinski definition) is 3. The van der Waals surface area contributed by atoms with Crippen LogP contribution in [0.5, 0.6) is 0 Å². The molecule has 13 heavy (non-hydrogen) atoms. The van der Waals surface area contributed by atoms with Crippen LogP contribution in [0, 0.1) is 0 Å². The lowest BCUT2D eigenvalue weighted by atomic mass is 9.91. The molecule has 0 spiro atoms. The Balaban J connectivity index is 2.42. The highest BCUT2D eigenvalue weighted by molar-refractivity contribution is 5.74. The molecule has 1 fully saturated rings. The van der Waals surface area contributed by atoms with Gasteiger partial charge in [0.1, 0.15) is 5.60 Å². The normalized spacial score (nSPS) is 34.5.